The molecule has 24 heavy (non-hydrogen) atoms. The normalized spacial score (nSPS) is 29.7. The fraction of sp³-hybridized carbons (Fsp3) is 0.850. The van der Waals surface area contributed by atoms with Gasteiger partial charge in [-0.25, -0.2) is 0 Å². The molecule has 2 aliphatic carbocycles. The second-order valence-corrected chi connectivity index (χ2v) is 8.17. The molecule has 1 amide bonds. The quantitative estimate of drug-likeness (QED) is 0.553. The van der Waals surface area contributed by atoms with E-state index in [9.17, 15) is 4.79 Å². The van der Waals surface area contributed by atoms with E-state index in [1.165, 1.54) is 12.8 Å². The highest BCUT2D eigenvalue weighted by molar-refractivity contribution is 5.79. The number of carbonyl (C=O) groups is 1. The van der Waals surface area contributed by atoms with Crippen LogP contribution in [0.15, 0.2) is 12.2 Å². The van der Waals surface area contributed by atoms with E-state index >= 15 is 0 Å². The van der Waals surface area contributed by atoms with Crippen molar-refractivity contribution in [1.29, 1.82) is 0 Å². The van der Waals surface area contributed by atoms with Gasteiger partial charge in [-0.1, -0.05) is 12.2 Å². The Morgan fingerprint density at radius 3 is 2.62 bits per heavy atom. The summed E-state index contributed by atoms with van der Waals surface area (Å²) in [4.78, 5) is 14.7. The highest BCUT2D eigenvalue weighted by atomic mass is 16.5. The van der Waals surface area contributed by atoms with Crippen LogP contribution in [-0.4, -0.2) is 49.3 Å². The van der Waals surface area contributed by atoms with Gasteiger partial charge in [0.25, 0.3) is 0 Å². The molecule has 4 rings (SSSR count). The molecule has 4 nitrogen and oxygen atoms in total. The molecule has 1 atom stereocenters. The van der Waals surface area contributed by atoms with Crippen molar-refractivity contribution in [2.24, 2.45) is 17.8 Å². The second-order valence-electron chi connectivity index (χ2n) is 8.17. The molecule has 3 fully saturated rings. The van der Waals surface area contributed by atoms with Gasteiger partial charge in [0.15, 0.2) is 0 Å². The van der Waals surface area contributed by atoms with Gasteiger partial charge in [-0.2, -0.15) is 0 Å². The van der Waals surface area contributed by atoms with Gasteiger partial charge < -0.3 is 14.4 Å². The van der Waals surface area contributed by atoms with E-state index in [2.05, 4.69) is 17.1 Å². The summed E-state index contributed by atoms with van der Waals surface area (Å²) in [5, 5.41) is 0. The summed E-state index contributed by atoms with van der Waals surface area (Å²) in [5.41, 5.74) is 0.0215. The van der Waals surface area contributed by atoms with Crippen molar-refractivity contribution in [3.63, 3.8) is 0 Å². The predicted octanol–water partition coefficient (Wildman–Crippen LogP) is 3.17. The molecule has 4 aliphatic rings. The van der Waals surface area contributed by atoms with Crippen LogP contribution in [0, 0.1) is 17.8 Å². The highest BCUT2D eigenvalue weighted by Crippen LogP contribution is 2.43. The Morgan fingerprint density at radius 1 is 1.17 bits per heavy atom. The minimum Gasteiger partial charge on any atom is -0.381 e. The summed E-state index contributed by atoms with van der Waals surface area (Å²) in [7, 11) is 0. The average molecular weight is 333 g/mol. The Morgan fingerprint density at radius 2 is 1.92 bits per heavy atom. The molecular weight excluding hydrogens is 302 g/mol. The Balaban J connectivity index is 1.25. The maximum absolute atomic E-state index is 12.6. The van der Waals surface area contributed by atoms with Crippen LogP contribution in [-0.2, 0) is 14.3 Å². The molecule has 0 aromatic heterocycles. The van der Waals surface area contributed by atoms with E-state index in [1.54, 1.807) is 0 Å². The molecule has 2 heterocycles. The van der Waals surface area contributed by atoms with Crippen molar-refractivity contribution in [2.45, 2.75) is 57.0 Å². The van der Waals surface area contributed by atoms with Gasteiger partial charge in [0.2, 0.25) is 5.91 Å². The lowest BCUT2D eigenvalue weighted by Gasteiger charge is -2.43. The van der Waals surface area contributed by atoms with Gasteiger partial charge in [-0.15, -0.1) is 0 Å². The molecule has 0 unspecified atom stereocenters. The second kappa shape index (κ2) is 7.17. The lowest BCUT2D eigenvalue weighted by atomic mass is 9.78. The fourth-order valence-electron chi connectivity index (χ4n) is 4.69. The molecule has 0 aromatic rings. The van der Waals surface area contributed by atoms with Gasteiger partial charge in [-0.05, 0) is 63.2 Å². The maximum Gasteiger partial charge on any atom is 0.226 e. The van der Waals surface area contributed by atoms with E-state index in [1.807, 2.05) is 0 Å². The number of allylic oxidation sites excluding steroid dienone is 2. The zero-order chi connectivity index (χ0) is 16.4. The van der Waals surface area contributed by atoms with E-state index in [-0.39, 0.29) is 11.5 Å². The average Bonchev–Trinajstić information content (AvgIpc) is 3.11. The molecule has 1 spiro atoms. The van der Waals surface area contributed by atoms with Gasteiger partial charge in [-0.3, -0.25) is 4.79 Å². The van der Waals surface area contributed by atoms with Crippen LogP contribution in [0.3, 0.4) is 0 Å². The standard InChI is InChI=1S/C20H31NO3/c22-19(17-3-1-2-4-17)21-11-9-20(10-12-21)18(8-14-24-20)7-13-23-15-16-5-6-16/h1-2,16-18H,3-15H2/t18-/m0/s1. The summed E-state index contributed by atoms with van der Waals surface area (Å²) in [6.45, 7) is 4.46. The van der Waals surface area contributed by atoms with Crippen molar-refractivity contribution in [2.75, 3.05) is 32.9 Å². The Labute approximate surface area is 145 Å². The lowest BCUT2D eigenvalue weighted by Crippen LogP contribution is -2.50. The van der Waals surface area contributed by atoms with Gasteiger partial charge in [0.05, 0.1) is 5.60 Å². The fourth-order valence-corrected chi connectivity index (χ4v) is 4.69. The molecule has 0 bridgehead atoms. The van der Waals surface area contributed by atoms with Crippen molar-refractivity contribution < 1.29 is 14.3 Å². The predicted molar refractivity (Wildman–Crippen MR) is 92.6 cm³/mol. The molecule has 4 heteroatoms. The minimum absolute atomic E-state index is 0.0215. The van der Waals surface area contributed by atoms with Gasteiger partial charge >= 0.3 is 0 Å². The Bertz CT molecular complexity index is 469. The molecule has 2 aliphatic heterocycles. The molecule has 1 saturated carbocycles. The summed E-state index contributed by atoms with van der Waals surface area (Å²) in [6.07, 6.45) is 13.2. The van der Waals surface area contributed by atoms with Crippen LogP contribution in [0.2, 0.25) is 0 Å². The third kappa shape index (κ3) is 3.55. The smallest absolute Gasteiger partial charge is 0.226 e. The third-order valence-electron chi connectivity index (χ3n) is 6.54. The molecule has 134 valence electrons. The summed E-state index contributed by atoms with van der Waals surface area (Å²) in [5.74, 6) is 2.02. The number of nitrogens with zero attached hydrogens (tertiary/aromatic N) is 1. The minimum atomic E-state index is 0.0215. The number of likely N-dealkylation sites (tertiary alicyclic amines) is 1. The summed E-state index contributed by atoms with van der Waals surface area (Å²) in [6, 6.07) is 0. The van der Waals surface area contributed by atoms with Crippen LogP contribution in [0.25, 0.3) is 0 Å². The summed E-state index contributed by atoms with van der Waals surface area (Å²) >= 11 is 0. The van der Waals surface area contributed by atoms with E-state index in [4.69, 9.17) is 9.47 Å². The zero-order valence-electron chi connectivity index (χ0n) is 14.8. The first-order chi connectivity index (χ1) is 11.8. The Hall–Kier alpha value is -0.870. The molecular formula is C20H31NO3. The number of ether oxygens (including phenoxy) is 2. The molecule has 0 aromatic carbocycles. The van der Waals surface area contributed by atoms with E-state index in [0.717, 1.165) is 77.4 Å². The lowest BCUT2D eigenvalue weighted by molar-refractivity contribution is -0.141. The van der Waals surface area contributed by atoms with Crippen LogP contribution < -0.4 is 0 Å². The van der Waals surface area contributed by atoms with Crippen LogP contribution in [0.5, 0.6) is 0 Å². The number of hydrogen-bond acceptors (Lipinski definition) is 3. The first-order valence-corrected chi connectivity index (χ1v) is 9.92. The monoisotopic (exact) mass is 333 g/mol. The van der Waals surface area contributed by atoms with Crippen LogP contribution in [0.4, 0.5) is 0 Å². The largest absolute Gasteiger partial charge is 0.381 e. The van der Waals surface area contributed by atoms with Crippen LogP contribution >= 0.6 is 0 Å². The van der Waals surface area contributed by atoms with E-state index < -0.39 is 0 Å². The van der Waals surface area contributed by atoms with Crippen molar-refractivity contribution in [3.8, 4) is 0 Å². The molecule has 0 radical (unpaired) electrons. The Kier molecular flexibility index (Phi) is 4.95. The van der Waals surface area contributed by atoms with Gasteiger partial charge in [0, 0.05) is 38.8 Å². The first-order valence-electron chi connectivity index (χ1n) is 9.92. The van der Waals surface area contributed by atoms with Crippen molar-refractivity contribution in [3.05, 3.63) is 12.2 Å². The number of hydrogen-bond donors (Lipinski definition) is 0. The molecule has 0 N–H and O–H groups in total. The van der Waals surface area contributed by atoms with Gasteiger partial charge in [0.1, 0.15) is 0 Å². The maximum atomic E-state index is 12.6. The number of rotatable bonds is 6. The van der Waals surface area contributed by atoms with Crippen molar-refractivity contribution in [1.82, 2.24) is 4.90 Å². The van der Waals surface area contributed by atoms with Crippen molar-refractivity contribution >= 4 is 5.91 Å². The zero-order valence-corrected chi connectivity index (χ0v) is 14.8. The first kappa shape index (κ1) is 16.6. The number of amides is 1. The molecule has 2 saturated heterocycles. The summed E-state index contributed by atoms with van der Waals surface area (Å²) < 4.78 is 12.1. The van der Waals surface area contributed by atoms with E-state index in [0.29, 0.717) is 11.8 Å². The van der Waals surface area contributed by atoms with Crippen LogP contribution in [0.1, 0.15) is 51.4 Å². The SMILES string of the molecule is O=C(C1CC=CC1)N1CCC2(CC1)OCC[C@@H]2CCOCC1CC1. The topological polar surface area (TPSA) is 38.8 Å². The third-order valence-corrected chi connectivity index (χ3v) is 6.54. The number of carbonyl (C=O) groups excluding carboxylic acids is 1. The highest BCUT2D eigenvalue weighted by Gasteiger charge is 2.46. The number of piperidine rings is 1.